The molecule has 0 aliphatic carbocycles. The Labute approximate surface area is 112 Å². The van der Waals surface area contributed by atoms with Crippen LogP contribution in [0.5, 0.6) is 0 Å². The summed E-state index contributed by atoms with van der Waals surface area (Å²) in [6, 6.07) is 11.9. The van der Waals surface area contributed by atoms with Crippen molar-refractivity contribution in [1.82, 2.24) is 10.3 Å². The first kappa shape index (κ1) is 12.9. The lowest BCUT2D eigenvalue weighted by Crippen LogP contribution is -2.19. The highest BCUT2D eigenvalue weighted by molar-refractivity contribution is 6.31. The number of rotatable bonds is 4. The molecular formula is C14H16ClN3. The molecule has 2 rings (SSSR count). The number of pyridine rings is 1. The molecule has 1 atom stereocenters. The molecule has 18 heavy (non-hydrogen) atoms. The zero-order chi connectivity index (χ0) is 13.0. The number of benzene rings is 1. The van der Waals surface area contributed by atoms with Crippen LogP contribution >= 0.6 is 11.6 Å². The van der Waals surface area contributed by atoms with Gasteiger partial charge in [-0.15, -0.1) is 0 Å². The van der Waals surface area contributed by atoms with Gasteiger partial charge in [-0.05, 0) is 42.8 Å². The highest BCUT2D eigenvalue weighted by Gasteiger charge is 2.13. The Bertz CT molecular complexity index is 528. The topological polar surface area (TPSA) is 50.9 Å². The molecule has 1 aromatic carbocycles. The van der Waals surface area contributed by atoms with Gasteiger partial charge in [0.05, 0.1) is 0 Å². The number of nitrogens with one attached hydrogen (secondary N) is 1. The third kappa shape index (κ3) is 3.00. The summed E-state index contributed by atoms with van der Waals surface area (Å²) in [4.78, 5) is 3.99. The van der Waals surface area contributed by atoms with Crippen LogP contribution in [-0.4, -0.2) is 12.0 Å². The van der Waals surface area contributed by atoms with E-state index < -0.39 is 0 Å². The second-order valence-corrected chi connectivity index (χ2v) is 4.56. The highest BCUT2D eigenvalue weighted by Crippen LogP contribution is 2.25. The van der Waals surface area contributed by atoms with E-state index in [1.807, 2.05) is 43.4 Å². The van der Waals surface area contributed by atoms with Crippen molar-refractivity contribution in [2.24, 2.45) is 0 Å². The standard InChI is InChI=1S/C14H16ClN3/c1-17-13(11-4-2-3-5-12(11)15)8-10-6-7-18-14(16)9-10/h2-7,9,13,17H,8H2,1H3,(H2,16,18). The summed E-state index contributed by atoms with van der Waals surface area (Å²) in [5.41, 5.74) is 7.92. The molecule has 1 unspecified atom stereocenters. The summed E-state index contributed by atoms with van der Waals surface area (Å²) >= 11 is 6.22. The van der Waals surface area contributed by atoms with Crippen molar-refractivity contribution in [3.8, 4) is 0 Å². The summed E-state index contributed by atoms with van der Waals surface area (Å²) in [6.07, 6.45) is 2.55. The Balaban J connectivity index is 2.23. The van der Waals surface area contributed by atoms with Crippen molar-refractivity contribution >= 4 is 17.4 Å². The van der Waals surface area contributed by atoms with Crippen molar-refractivity contribution in [2.45, 2.75) is 12.5 Å². The Hall–Kier alpha value is -1.58. The van der Waals surface area contributed by atoms with E-state index in [-0.39, 0.29) is 6.04 Å². The van der Waals surface area contributed by atoms with E-state index in [1.54, 1.807) is 6.20 Å². The van der Waals surface area contributed by atoms with Crippen LogP contribution in [0.2, 0.25) is 5.02 Å². The first-order chi connectivity index (χ1) is 8.70. The van der Waals surface area contributed by atoms with Gasteiger partial charge in [0.1, 0.15) is 5.82 Å². The van der Waals surface area contributed by atoms with Crippen LogP contribution in [0.1, 0.15) is 17.2 Å². The fourth-order valence-corrected chi connectivity index (χ4v) is 2.25. The van der Waals surface area contributed by atoms with Crippen molar-refractivity contribution in [3.05, 3.63) is 58.7 Å². The largest absolute Gasteiger partial charge is 0.384 e. The van der Waals surface area contributed by atoms with E-state index in [0.29, 0.717) is 5.82 Å². The van der Waals surface area contributed by atoms with E-state index in [2.05, 4.69) is 10.3 Å². The maximum absolute atomic E-state index is 6.22. The molecule has 3 nitrogen and oxygen atoms in total. The van der Waals surface area contributed by atoms with Gasteiger partial charge in [-0.1, -0.05) is 29.8 Å². The van der Waals surface area contributed by atoms with Crippen molar-refractivity contribution in [2.75, 3.05) is 12.8 Å². The number of hydrogen-bond acceptors (Lipinski definition) is 3. The van der Waals surface area contributed by atoms with Gasteiger partial charge in [0, 0.05) is 17.3 Å². The predicted molar refractivity (Wildman–Crippen MR) is 75.6 cm³/mol. The maximum Gasteiger partial charge on any atom is 0.123 e. The van der Waals surface area contributed by atoms with Crippen LogP contribution in [0.3, 0.4) is 0 Å². The van der Waals surface area contributed by atoms with Crippen LogP contribution in [0, 0.1) is 0 Å². The van der Waals surface area contributed by atoms with Gasteiger partial charge in [0.2, 0.25) is 0 Å². The van der Waals surface area contributed by atoms with Gasteiger partial charge in [-0.25, -0.2) is 4.98 Å². The van der Waals surface area contributed by atoms with E-state index in [9.17, 15) is 0 Å². The summed E-state index contributed by atoms with van der Waals surface area (Å²) < 4.78 is 0. The molecule has 2 aromatic rings. The second-order valence-electron chi connectivity index (χ2n) is 4.16. The van der Waals surface area contributed by atoms with E-state index >= 15 is 0 Å². The monoisotopic (exact) mass is 261 g/mol. The third-order valence-electron chi connectivity index (χ3n) is 2.91. The Kier molecular flexibility index (Phi) is 4.18. The van der Waals surface area contributed by atoms with Gasteiger partial charge < -0.3 is 11.1 Å². The van der Waals surface area contributed by atoms with Gasteiger partial charge in [0.15, 0.2) is 0 Å². The van der Waals surface area contributed by atoms with Crippen LogP contribution in [0.25, 0.3) is 0 Å². The normalized spacial score (nSPS) is 12.3. The lowest BCUT2D eigenvalue weighted by Gasteiger charge is -2.18. The summed E-state index contributed by atoms with van der Waals surface area (Å²) in [6.45, 7) is 0. The molecule has 3 N–H and O–H groups in total. The number of aromatic nitrogens is 1. The van der Waals surface area contributed by atoms with Gasteiger partial charge in [-0.3, -0.25) is 0 Å². The number of halogens is 1. The predicted octanol–water partition coefficient (Wildman–Crippen LogP) is 2.82. The lowest BCUT2D eigenvalue weighted by atomic mass is 9.99. The average Bonchev–Trinajstić information content (AvgIpc) is 2.37. The Morgan fingerprint density at radius 1 is 1.33 bits per heavy atom. The average molecular weight is 262 g/mol. The maximum atomic E-state index is 6.22. The van der Waals surface area contributed by atoms with E-state index in [4.69, 9.17) is 17.3 Å². The minimum absolute atomic E-state index is 0.167. The molecule has 0 fully saturated rings. The van der Waals surface area contributed by atoms with Crippen molar-refractivity contribution in [3.63, 3.8) is 0 Å². The Morgan fingerprint density at radius 2 is 2.11 bits per heavy atom. The summed E-state index contributed by atoms with van der Waals surface area (Å²) in [7, 11) is 1.93. The molecule has 0 spiro atoms. The number of anilines is 1. The van der Waals surface area contributed by atoms with Gasteiger partial charge >= 0.3 is 0 Å². The van der Waals surface area contributed by atoms with Crippen LogP contribution in [0.15, 0.2) is 42.6 Å². The molecule has 0 aliphatic heterocycles. The molecule has 94 valence electrons. The fraction of sp³-hybridized carbons (Fsp3) is 0.214. The molecule has 4 heteroatoms. The molecule has 0 aliphatic rings. The second kappa shape index (κ2) is 5.85. The quantitative estimate of drug-likeness (QED) is 0.890. The Morgan fingerprint density at radius 3 is 2.78 bits per heavy atom. The molecule has 0 saturated heterocycles. The number of hydrogen-bond donors (Lipinski definition) is 2. The summed E-state index contributed by atoms with van der Waals surface area (Å²) in [5, 5.41) is 4.06. The van der Waals surface area contributed by atoms with Gasteiger partial charge in [0.25, 0.3) is 0 Å². The lowest BCUT2D eigenvalue weighted by molar-refractivity contribution is 0.592. The van der Waals surface area contributed by atoms with Crippen molar-refractivity contribution in [1.29, 1.82) is 0 Å². The zero-order valence-electron chi connectivity index (χ0n) is 10.2. The van der Waals surface area contributed by atoms with Crippen LogP contribution in [0.4, 0.5) is 5.82 Å². The molecular weight excluding hydrogens is 246 g/mol. The van der Waals surface area contributed by atoms with Crippen molar-refractivity contribution < 1.29 is 0 Å². The number of nitrogen functional groups attached to an aromatic ring is 1. The van der Waals surface area contributed by atoms with E-state index in [0.717, 1.165) is 22.6 Å². The first-order valence-corrected chi connectivity index (χ1v) is 6.20. The van der Waals surface area contributed by atoms with Crippen LogP contribution in [-0.2, 0) is 6.42 Å². The molecule has 0 radical (unpaired) electrons. The van der Waals surface area contributed by atoms with E-state index in [1.165, 1.54) is 0 Å². The smallest absolute Gasteiger partial charge is 0.123 e. The number of likely N-dealkylation sites (N-methyl/N-ethyl adjacent to an activating group) is 1. The minimum Gasteiger partial charge on any atom is -0.384 e. The van der Waals surface area contributed by atoms with Gasteiger partial charge in [-0.2, -0.15) is 0 Å². The fourth-order valence-electron chi connectivity index (χ4n) is 1.98. The highest BCUT2D eigenvalue weighted by atomic mass is 35.5. The third-order valence-corrected chi connectivity index (χ3v) is 3.26. The SMILES string of the molecule is CNC(Cc1ccnc(N)c1)c1ccccc1Cl. The molecule has 0 saturated carbocycles. The molecule has 0 amide bonds. The number of nitrogens with two attached hydrogens (primary N) is 1. The molecule has 1 aromatic heterocycles. The minimum atomic E-state index is 0.167. The first-order valence-electron chi connectivity index (χ1n) is 5.83. The molecule has 0 bridgehead atoms. The summed E-state index contributed by atoms with van der Waals surface area (Å²) in [5.74, 6) is 0.543. The number of nitrogens with zero attached hydrogens (tertiary/aromatic N) is 1. The van der Waals surface area contributed by atoms with Crippen LogP contribution < -0.4 is 11.1 Å². The zero-order valence-corrected chi connectivity index (χ0v) is 11.0. The molecule has 1 heterocycles.